The Morgan fingerprint density at radius 2 is 1.59 bits per heavy atom. The Hall–Kier alpha value is -0.763. The minimum atomic E-state index is -3.09. The third kappa shape index (κ3) is 4.54. The summed E-state index contributed by atoms with van der Waals surface area (Å²) in [6, 6.07) is 0. The average Bonchev–Trinajstić information content (AvgIpc) is 2.29. The van der Waals surface area contributed by atoms with Crippen LogP contribution in [0, 0.1) is 0 Å². The minimum absolute atomic E-state index is 0.384. The summed E-state index contributed by atoms with van der Waals surface area (Å²) in [4.78, 5) is 21.8. The highest BCUT2D eigenvalue weighted by molar-refractivity contribution is 6.66. The maximum Gasteiger partial charge on any atom is 0.513 e. The largest absolute Gasteiger partial charge is 0.513 e. The highest BCUT2D eigenvalue weighted by Gasteiger charge is 2.50. The highest BCUT2D eigenvalue weighted by Crippen LogP contribution is 2.25. The van der Waals surface area contributed by atoms with Gasteiger partial charge in [0.2, 0.25) is 5.91 Å². The summed E-state index contributed by atoms with van der Waals surface area (Å²) in [5.41, 5.74) is -0.649. The van der Waals surface area contributed by atoms with E-state index in [0.29, 0.717) is 19.8 Å². The summed E-state index contributed by atoms with van der Waals surface area (Å²) >= 11 is 0. The molecule has 99 valence electrons. The lowest BCUT2D eigenvalue weighted by atomic mass is 10.4. The van der Waals surface area contributed by atoms with E-state index in [4.69, 9.17) is 13.3 Å². The Kier molecular flexibility index (Phi) is 7.97. The molecule has 0 spiro atoms. The number of hydrogen-bond acceptors (Lipinski definition) is 5. The van der Waals surface area contributed by atoms with Gasteiger partial charge in [-0.1, -0.05) is 0 Å². The van der Waals surface area contributed by atoms with Crippen molar-refractivity contribution in [3.8, 4) is 0 Å². The monoisotopic (exact) mass is 262 g/mol. The molecule has 0 aromatic rings. The summed E-state index contributed by atoms with van der Waals surface area (Å²) in [7, 11) is -3.09. The third-order valence-corrected chi connectivity index (χ3v) is 5.53. The predicted octanol–water partition coefficient (Wildman–Crippen LogP) is 0.608. The molecule has 2 amide bonds. The van der Waals surface area contributed by atoms with Crippen molar-refractivity contribution in [2.75, 3.05) is 19.8 Å². The summed E-state index contributed by atoms with van der Waals surface area (Å²) < 4.78 is 16.6. The number of hydrogen-bond donors (Lipinski definition) is 1. The second-order valence-electron chi connectivity index (χ2n) is 3.22. The van der Waals surface area contributed by atoms with E-state index in [2.05, 4.69) is 0 Å². The van der Waals surface area contributed by atoms with Crippen LogP contribution < -0.4 is 5.32 Å². The van der Waals surface area contributed by atoms with Gasteiger partial charge in [0.25, 0.3) is 0 Å². The summed E-state index contributed by atoms with van der Waals surface area (Å²) in [6.45, 7) is 8.18. The molecule has 0 aliphatic rings. The van der Waals surface area contributed by atoms with Crippen LogP contribution in [0.15, 0.2) is 0 Å². The zero-order chi connectivity index (χ0) is 13.3. The first-order valence-electron chi connectivity index (χ1n) is 5.66. The number of carbonyl (C=O) groups is 1. The summed E-state index contributed by atoms with van der Waals surface area (Å²) in [6.07, 6.45) is 1.35. The molecule has 17 heavy (non-hydrogen) atoms. The molecule has 1 N–H and O–H groups in total. The molecule has 0 aromatic heterocycles. The maximum atomic E-state index is 11.6. The van der Waals surface area contributed by atoms with E-state index in [1.54, 1.807) is 27.7 Å². The summed E-state index contributed by atoms with van der Waals surface area (Å²) in [5.74, 6) is -0.498. The van der Waals surface area contributed by atoms with Crippen LogP contribution in [0.5, 0.6) is 0 Å². The zero-order valence-corrected chi connectivity index (χ0v) is 11.7. The van der Waals surface area contributed by atoms with Gasteiger partial charge in [-0.15, -0.1) is 0 Å². The van der Waals surface area contributed by atoms with Crippen molar-refractivity contribution in [2.24, 2.45) is 0 Å². The minimum Gasteiger partial charge on any atom is -0.373 e. The maximum absolute atomic E-state index is 11.6. The Morgan fingerprint density at radius 3 is 1.88 bits per heavy atom. The highest BCUT2D eigenvalue weighted by atomic mass is 28.4. The van der Waals surface area contributed by atoms with Gasteiger partial charge in [0.15, 0.2) is 0 Å². The van der Waals surface area contributed by atoms with Crippen LogP contribution in [0.25, 0.3) is 0 Å². The van der Waals surface area contributed by atoms with E-state index in [1.165, 1.54) is 6.41 Å². The fraction of sp³-hybridized carbons (Fsp3) is 0.800. The van der Waals surface area contributed by atoms with Crippen molar-refractivity contribution in [1.82, 2.24) is 5.32 Å². The molecule has 6 nitrogen and oxygen atoms in total. The molecule has 0 aliphatic carbocycles. The van der Waals surface area contributed by atoms with Crippen molar-refractivity contribution < 1.29 is 22.9 Å². The lowest BCUT2D eigenvalue weighted by Crippen LogP contribution is -2.53. The molecular weight excluding hydrogens is 242 g/mol. The van der Waals surface area contributed by atoms with Crippen molar-refractivity contribution >= 4 is 21.1 Å². The van der Waals surface area contributed by atoms with E-state index in [0.717, 1.165) is 0 Å². The number of nitrogens with one attached hydrogen (secondary N) is 1. The standard InChI is InChI=1S/C10H20NO5Si/c1-5-14-17(15-6-2,16-7-3)9(4)10(13)11-8-12/h9H,5-7H2,1-4H3,(H,11,12,13). The number of carbonyl (C=O) groups excluding carboxylic acids is 2. The van der Waals surface area contributed by atoms with Gasteiger partial charge >= 0.3 is 15.2 Å². The number of rotatable bonds is 9. The van der Waals surface area contributed by atoms with Crippen molar-refractivity contribution in [1.29, 1.82) is 0 Å². The molecule has 0 saturated carbocycles. The first-order chi connectivity index (χ1) is 8.07. The van der Waals surface area contributed by atoms with Crippen molar-refractivity contribution in [3.63, 3.8) is 0 Å². The fourth-order valence-electron chi connectivity index (χ4n) is 1.42. The van der Waals surface area contributed by atoms with Crippen LogP contribution in [-0.2, 0) is 22.9 Å². The average molecular weight is 262 g/mol. The van der Waals surface area contributed by atoms with Crippen LogP contribution in [0.1, 0.15) is 27.7 Å². The molecule has 7 heteroatoms. The smallest absolute Gasteiger partial charge is 0.373 e. The van der Waals surface area contributed by atoms with Gasteiger partial charge < -0.3 is 13.3 Å². The van der Waals surface area contributed by atoms with Gasteiger partial charge in [0, 0.05) is 19.8 Å². The van der Waals surface area contributed by atoms with Crippen LogP contribution in [0.2, 0.25) is 5.54 Å². The van der Waals surface area contributed by atoms with Gasteiger partial charge in [-0.2, -0.15) is 0 Å². The molecule has 0 heterocycles. The van der Waals surface area contributed by atoms with E-state index < -0.39 is 20.3 Å². The Morgan fingerprint density at radius 1 is 1.18 bits per heavy atom. The van der Waals surface area contributed by atoms with E-state index in [9.17, 15) is 9.59 Å². The zero-order valence-electron chi connectivity index (χ0n) is 10.7. The van der Waals surface area contributed by atoms with Crippen molar-refractivity contribution in [3.05, 3.63) is 0 Å². The number of amides is 2. The lowest BCUT2D eigenvalue weighted by molar-refractivity contribution is -0.120. The van der Waals surface area contributed by atoms with Crippen LogP contribution in [0.3, 0.4) is 0 Å². The molecule has 1 radical (unpaired) electrons. The molecule has 0 rings (SSSR count). The summed E-state index contributed by atoms with van der Waals surface area (Å²) in [5, 5.41) is 1.98. The van der Waals surface area contributed by atoms with E-state index in [1.807, 2.05) is 5.32 Å². The molecule has 0 fully saturated rings. The first-order valence-corrected chi connectivity index (χ1v) is 7.46. The first kappa shape index (κ1) is 16.2. The van der Waals surface area contributed by atoms with Gasteiger partial charge in [-0.3, -0.25) is 14.9 Å². The quantitative estimate of drug-likeness (QED) is 0.487. The molecule has 0 bridgehead atoms. The Balaban J connectivity index is 4.94. The predicted molar refractivity (Wildman–Crippen MR) is 63.9 cm³/mol. The molecular formula is C10H20NO5Si. The fourth-order valence-corrected chi connectivity index (χ4v) is 4.02. The lowest BCUT2D eigenvalue weighted by Gasteiger charge is -2.32. The Labute approximate surface area is 103 Å². The molecule has 0 aliphatic heterocycles. The second kappa shape index (κ2) is 8.35. The van der Waals surface area contributed by atoms with E-state index in [-0.39, 0.29) is 0 Å². The SMILES string of the molecule is CCO[Si](OCC)(OCC)C(C)C(=O)N[C]=O. The second-order valence-corrected chi connectivity index (χ2v) is 6.15. The molecule has 0 saturated heterocycles. The van der Waals surface area contributed by atoms with Crippen molar-refractivity contribution in [2.45, 2.75) is 33.2 Å². The third-order valence-electron chi connectivity index (χ3n) is 2.13. The van der Waals surface area contributed by atoms with Gasteiger partial charge in [-0.25, -0.2) is 0 Å². The molecule has 1 atom stereocenters. The van der Waals surface area contributed by atoms with Crippen LogP contribution in [0.4, 0.5) is 0 Å². The normalized spacial score (nSPS) is 13.2. The van der Waals surface area contributed by atoms with E-state index >= 15 is 0 Å². The number of imide groups is 1. The van der Waals surface area contributed by atoms with Crippen LogP contribution in [-0.4, -0.2) is 40.9 Å². The van der Waals surface area contributed by atoms with Gasteiger partial charge in [0.05, 0.1) is 0 Å². The molecule has 1 unspecified atom stereocenters. The topological polar surface area (TPSA) is 73.9 Å². The van der Waals surface area contributed by atoms with Gasteiger partial charge in [-0.05, 0) is 27.7 Å². The molecule has 0 aromatic carbocycles. The Bertz CT molecular complexity index is 232. The van der Waals surface area contributed by atoms with Crippen LogP contribution >= 0.6 is 0 Å². The van der Waals surface area contributed by atoms with Gasteiger partial charge in [0.1, 0.15) is 5.54 Å².